The Kier molecular flexibility index (Phi) is 9.78. The first kappa shape index (κ1) is 32.7. The molecule has 0 bridgehead atoms. The van der Waals surface area contributed by atoms with Crippen LogP contribution in [0.25, 0.3) is 11.4 Å². The van der Waals surface area contributed by atoms with Gasteiger partial charge in [-0.05, 0) is 53.1 Å². The van der Waals surface area contributed by atoms with Crippen molar-refractivity contribution in [1.82, 2.24) is 30.8 Å². The van der Waals surface area contributed by atoms with E-state index in [2.05, 4.69) is 31.3 Å². The van der Waals surface area contributed by atoms with Gasteiger partial charge >= 0.3 is 5.97 Å². The number of tetrazole rings is 1. The molecule has 14 heteroatoms. The molecule has 1 saturated heterocycles. The number of rotatable bonds is 11. The Balaban J connectivity index is 1.25. The molecule has 0 saturated carbocycles. The van der Waals surface area contributed by atoms with E-state index < -0.39 is 41.9 Å². The van der Waals surface area contributed by atoms with Gasteiger partial charge in [0.2, 0.25) is 5.82 Å². The number of anilines is 1. The van der Waals surface area contributed by atoms with Crippen LogP contribution in [-0.2, 0) is 16.0 Å². The van der Waals surface area contributed by atoms with E-state index in [4.69, 9.17) is 4.74 Å². The molecule has 3 atom stereocenters. The summed E-state index contributed by atoms with van der Waals surface area (Å²) in [6, 6.07) is 26.9. The number of aliphatic hydroxyl groups is 1. The molecule has 1 aliphatic heterocycles. The van der Waals surface area contributed by atoms with Crippen LogP contribution in [0.2, 0.25) is 0 Å². The van der Waals surface area contributed by atoms with Crippen molar-refractivity contribution in [3.8, 4) is 11.4 Å². The largest absolute Gasteiger partial charge is 0.478 e. The maximum absolute atomic E-state index is 13.7. The highest BCUT2D eigenvalue weighted by molar-refractivity contribution is 6.04. The molecule has 4 aromatic carbocycles. The molecular formula is C35H31N7O7. The molecule has 6 rings (SSSR count). The number of aromatic carboxylic acids is 1. The predicted molar refractivity (Wildman–Crippen MR) is 175 cm³/mol. The third kappa shape index (κ3) is 7.67. The summed E-state index contributed by atoms with van der Waals surface area (Å²) < 4.78 is 5.58. The lowest BCUT2D eigenvalue weighted by Crippen LogP contribution is -2.50. The summed E-state index contributed by atoms with van der Waals surface area (Å²) in [6.07, 6.45) is -1.69. The van der Waals surface area contributed by atoms with Gasteiger partial charge in [0, 0.05) is 22.4 Å². The molecule has 0 aliphatic carbocycles. The number of ether oxygens (including phenoxy) is 1. The van der Waals surface area contributed by atoms with E-state index >= 15 is 0 Å². The summed E-state index contributed by atoms with van der Waals surface area (Å²) in [5.74, 6) is -3.15. The first-order valence-electron chi connectivity index (χ1n) is 15.3. The summed E-state index contributed by atoms with van der Waals surface area (Å²) in [6.45, 7) is 0.236. The lowest BCUT2D eigenvalue weighted by atomic mass is 9.98. The van der Waals surface area contributed by atoms with Crippen LogP contribution in [-0.4, -0.2) is 84.9 Å². The Morgan fingerprint density at radius 1 is 0.898 bits per heavy atom. The predicted octanol–water partition coefficient (Wildman–Crippen LogP) is 3.08. The van der Waals surface area contributed by atoms with Crippen molar-refractivity contribution in [2.45, 2.75) is 24.6 Å². The zero-order chi connectivity index (χ0) is 34.3. The molecule has 1 aromatic heterocycles. The van der Waals surface area contributed by atoms with Crippen molar-refractivity contribution in [2.24, 2.45) is 0 Å². The molecule has 14 nitrogen and oxygen atoms in total. The number of amides is 3. The summed E-state index contributed by atoms with van der Waals surface area (Å²) >= 11 is 0. The van der Waals surface area contributed by atoms with Crippen molar-refractivity contribution in [3.05, 3.63) is 131 Å². The normalized spacial score (nSPS) is 15.3. The molecule has 1 aliphatic rings. The quantitative estimate of drug-likeness (QED) is 0.140. The molecule has 0 radical (unpaired) electrons. The number of aromatic amines is 1. The molecule has 248 valence electrons. The Bertz CT molecular complexity index is 1960. The first-order valence-corrected chi connectivity index (χ1v) is 15.3. The van der Waals surface area contributed by atoms with E-state index in [0.29, 0.717) is 17.1 Å². The highest BCUT2D eigenvalue weighted by atomic mass is 16.5. The fourth-order valence-electron chi connectivity index (χ4n) is 5.55. The van der Waals surface area contributed by atoms with Crippen molar-refractivity contribution in [1.29, 1.82) is 0 Å². The number of carbonyl (C=O) groups is 4. The van der Waals surface area contributed by atoms with Gasteiger partial charge < -0.3 is 30.5 Å². The van der Waals surface area contributed by atoms with E-state index in [0.717, 1.165) is 17.2 Å². The highest BCUT2D eigenvalue weighted by Gasteiger charge is 2.33. The topological polar surface area (TPSA) is 200 Å². The molecule has 0 unspecified atom stereocenters. The number of carbonyl (C=O) groups excluding carboxylic acids is 3. The summed E-state index contributed by atoms with van der Waals surface area (Å²) in [5, 5.41) is 40.2. The van der Waals surface area contributed by atoms with Gasteiger partial charge in [0.25, 0.3) is 17.7 Å². The standard InChI is InChI=1S/C35H31N7O7/c43-30(33(45)36-27-13-7-12-23(18-27)31-38-40-41-39-31)28(14-21-8-3-1-4-9-21)37-32(44)24-15-25(17-26(16-24)35(47)48)34(46)42-20-49-19-29(42)22-10-5-2-6-11-22/h1-13,15-18,28-30,43H,14,19-20H2,(H,36,45)(H,37,44)(H,47,48)(H,38,39,40,41)/t28-,29+,30-/m0/s1. The van der Waals surface area contributed by atoms with Crippen LogP contribution in [0.4, 0.5) is 5.69 Å². The molecule has 2 heterocycles. The minimum Gasteiger partial charge on any atom is -0.478 e. The fraction of sp³-hybridized carbons (Fsp3) is 0.171. The van der Waals surface area contributed by atoms with Gasteiger partial charge in [-0.3, -0.25) is 14.4 Å². The van der Waals surface area contributed by atoms with E-state index in [1.54, 1.807) is 54.6 Å². The Hall–Kier alpha value is -6.25. The van der Waals surface area contributed by atoms with Crippen LogP contribution in [0, 0.1) is 0 Å². The van der Waals surface area contributed by atoms with Crippen molar-refractivity contribution >= 4 is 29.4 Å². The second kappa shape index (κ2) is 14.7. The van der Waals surface area contributed by atoms with Crippen LogP contribution in [0.3, 0.4) is 0 Å². The van der Waals surface area contributed by atoms with Crippen molar-refractivity contribution in [3.63, 3.8) is 0 Å². The van der Waals surface area contributed by atoms with E-state index in [9.17, 15) is 29.4 Å². The maximum Gasteiger partial charge on any atom is 0.335 e. The highest BCUT2D eigenvalue weighted by Crippen LogP contribution is 2.28. The minimum absolute atomic E-state index is 0.0182. The van der Waals surface area contributed by atoms with Gasteiger partial charge in [-0.25, -0.2) is 4.79 Å². The molecule has 5 aromatic rings. The Morgan fingerprint density at radius 3 is 2.33 bits per heavy atom. The van der Waals surface area contributed by atoms with Gasteiger partial charge in [0.1, 0.15) is 6.73 Å². The lowest BCUT2D eigenvalue weighted by molar-refractivity contribution is -0.125. The van der Waals surface area contributed by atoms with E-state index in [1.807, 2.05) is 30.3 Å². The molecule has 1 fully saturated rings. The van der Waals surface area contributed by atoms with E-state index in [1.165, 1.54) is 17.0 Å². The zero-order valence-corrected chi connectivity index (χ0v) is 25.9. The summed E-state index contributed by atoms with van der Waals surface area (Å²) in [7, 11) is 0. The smallest absolute Gasteiger partial charge is 0.335 e. The Morgan fingerprint density at radius 2 is 1.61 bits per heavy atom. The van der Waals surface area contributed by atoms with Crippen LogP contribution in [0.5, 0.6) is 0 Å². The number of aliphatic hydroxyl groups excluding tert-OH is 1. The molecule has 49 heavy (non-hydrogen) atoms. The number of aromatic nitrogens is 4. The molecular weight excluding hydrogens is 630 g/mol. The van der Waals surface area contributed by atoms with Gasteiger partial charge in [-0.15, -0.1) is 10.2 Å². The number of hydrogen-bond acceptors (Lipinski definition) is 9. The van der Waals surface area contributed by atoms with Crippen molar-refractivity contribution < 1.29 is 34.1 Å². The third-order valence-corrected chi connectivity index (χ3v) is 8.01. The number of H-pyrrole nitrogens is 1. The monoisotopic (exact) mass is 661 g/mol. The number of hydrogen-bond donors (Lipinski definition) is 5. The SMILES string of the molecule is O=C(O)c1cc(C(=O)N[C@@H](Cc2ccccc2)[C@H](O)C(=O)Nc2cccc(-c3nn[nH]n3)c2)cc(C(=O)N2COC[C@@H]2c2ccccc2)c1. The molecule has 5 N–H and O–H groups in total. The average Bonchev–Trinajstić information content (AvgIpc) is 3.85. The second-order valence-corrected chi connectivity index (χ2v) is 11.3. The number of nitrogens with one attached hydrogen (secondary N) is 3. The fourth-order valence-corrected chi connectivity index (χ4v) is 5.55. The number of nitrogens with zero attached hydrogens (tertiary/aromatic N) is 4. The zero-order valence-electron chi connectivity index (χ0n) is 25.9. The average molecular weight is 662 g/mol. The summed E-state index contributed by atoms with van der Waals surface area (Å²) in [5.41, 5.74) is 2.01. The van der Waals surface area contributed by atoms with Crippen LogP contribution in [0.15, 0.2) is 103 Å². The number of benzene rings is 4. The van der Waals surface area contributed by atoms with Crippen LogP contribution in [0.1, 0.15) is 48.2 Å². The van der Waals surface area contributed by atoms with Gasteiger partial charge in [0.05, 0.1) is 24.3 Å². The third-order valence-electron chi connectivity index (χ3n) is 8.01. The van der Waals surface area contributed by atoms with Crippen LogP contribution >= 0.6 is 0 Å². The van der Waals surface area contributed by atoms with Gasteiger partial charge in [0.15, 0.2) is 6.10 Å². The van der Waals surface area contributed by atoms with E-state index in [-0.39, 0.29) is 36.4 Å². The van der Waals surface area contributed by atoms with Gasteiger partial charge in [-0.1, -0.05) is 72.8 Å². The number of carboxylic acid groups (broad SMARTS) is 1. The minimum atomic E-state index is -1.74. The van der Waals surface area contributed by atoms with Crippen molar-refractivity contribution in [2.75, 3.05) is 18.7 Å². The summed E-state index contributed by atoms with van der Waals surface area (Å²) in [4.78, 5) is 54.4. The van der Waals surface area contributed by atoms with Crippen LogP contribution < -0.4 is 10.6 Å². The number of carboxylic acids is 1. The lowest BCUT2D eigenvalue weighted by Gasteiger charge is -2.25. The molecule has 0 spiro atoms. The maximum atomic E-state index is 13.7. The first-order chi connectivity index (χ1) is 23.8. The second-order valence-electron chi connectivity index (χ2n) is 11.3. The molecule has 3 amide bonds. The van der Waals surface area contributed by atoms with Gasteiger partial charge in [-0.2, -0.15) is 5.21 Å². The Labute approximate surface area is 279 Å².